The van der Waals surface area contributed by atoms with E-state index in [-0.39, 0.29) is 17.7 Å². The van der Waals surface area contributed by atoms with E-state index < -0.39 is 0 Å². The van der Waals surface area contributed by atoms with E-state index >= 15 is 0 Å². The number of phenols is 1. The SMILES string of the molecule is C[C@H](C(=O)NCc1ccccc1)[NH+]1CCN(c2ccc(O)cc2)CC1. The highest BCUT2D eigenvalue weighted by Gasteiger charge is 2.29. The van der Waals surface area contributed by atoms with Gasteiger partial charge in [-0.25, -0.2) is 0 Å². The number of hydrogen-bond donors (Lipinski definition) is 3. The van der Waals surface area contributed by atoms with Crippen molar-refractivity contribution in [1.29, 1.82) is 0 Å². The predicted octanol–water partition coefficient (Wildman–Crippen LogP) is 0.802. The van der Waals surface area contributed by atoms with Gasteiger partial charge in [-0.05, 0) is 36.8 Å². The van der Waals surface area contributed by atoms with Gasteiger partial charge in [0.15, 0.2) is 6.04 Å². The number of carbonyl (C=O) groups is 1. The highest BCUT2D eigenvalue weighted by atomic mass is 16.3. The van der Waals surface area contributed by atoms with Crippen LogP contribution in [-0.2, 0) is 11.3 Å². The topological polar surface area (TPSA) is 57.0 Å². The maximum atomic E-state index is 12.4. The first-order valence-electron chi connectivity index (χ1n) is 8.83. The average molecular weight is 340 g/mol. The van der Waals surface area contributed by atoms with Gasteiger partial charge >= 0.3 is 0 Å². The van der Waals surface area contributed by atoms with Crippen molar-refractivity contribution in [3.8, 4) is 5.75 Å². The van der Waals surface area contributed by atoms with Crippen molar-refractivity contribution in [3.05, 3.63) is 60.2 Å². The Hall–Kier alpha value is -2.53. The maximum Gasteiger partial charge on any atom is 0.278 e. The van der Waals surface area contributed by atoms with Crippen LogP contribution >= 0.6 is 0 Å². The number of benzene rings is 2. The molecule has 25 heavy (non-hydrogen) atoms. The molecule has 5 nitrogen and oxygen atoms in total. The van der Waals surface area contributed by atoms with Crippen molar-refractivity contribution in [1.82, 2.24) is 5.32 Å². The Morgan fingerprint density at radius 3 is 2.40 bits per heavy atom. The third-order valence-corrected chi connectivity index (χ3v) is 4.94. The molecule has 0 unspecified atom stereocenters. The summed E-state index contributed by atoms with van der Waals surface area (Å²) in [5.74, 6) is 0.397. The Labute approximate surface area is 148 Å². The zero-order valence-corrected chi connectivity index (χ0v) is 14.6. The van der Waals surface area contributed by atoms with Gasteiger partial charge in [-0.3, -0.25) is 4.79 Å². The van der Waals surface area contributed by atoms with Gasteiger partial charge in [-0.15, -0.1) is 0 Å². The van der Waals surface area contributed by atoms with Crippen LogP contribution in [0.15, 0.2) is 54.6 Å². The van der Waals surface area contributed by atoms with Crippen molar-refractivity contribution >= 4 is 11.6 Å². The molecule has 1 aliphatic rings. The second kappa shape index (κ2) is 8.03. The third kappa shape index (κ3) is 4.51. The van der Waals surface area contributed by atoms with E-state index in [4.69, 9.17) is 0 Å². The molecule has 5 heteroatoms. The molecule has 1 atom stereocenters. The fourth-order valence-corrected chi connectivity index (χ4v) is 3.27. The molecule has 2 aromatic carbocycles. The van der Waals surface area contributed by atoms with E-state index in [9.17, 15) is 9.90 Å². The maximum absolute atomic E-state index is 12.4. The summed E-state index contributed by atoms with van der Waals surface area (Å²) in [5.41, 5.74) is 2.24. The minimum absolute atomic E-state index is 0.0503. The van der Waals surface area contributed by atoms with E-state index in [1.807, 2.05) is 49.4 Å². The molecule has 0 radical (unpaired) electrons. The van der Waals surface area contributed by atoms with Crippen LogP contribution in [0.5, 0.6) is 5.75 Å². The first-order chi connectivity index (χ1) is 12.1. The van der Waals surface area contributed by atoms with E-state index in [2.05, 4.69) is 10.2 Å². The summed E-state index contributed by atoms with van der Waals surface area (Å²) in [6.45, 7) is 6.28. The number of amides is 1. The second-order valence-corrected chi connectivity index (χ2v) is 6.59. The van der Waals surface area contributed by atoms with Crippen LogP contribution in [0.2, 0.25) is 0 Å². The van der Waals surface area contributed by atoms with Crippen molar-refractivity contribution in [2.45, 2.75) is 19.5 Å². The molecule has 1 fully saturated rings. The molecule has 2 aromatic rings. The van der Waals surface area contributed by atoms with Crippen LogP contribution in [0.4, 0.5) is 5.69 Å². The fourth-order valence-electron chi connectivity index (χ4n) is 3.27. The number of nitrogens with zero attached hydrogens (tertiary/aromatic N) is 1. The molecule has 3 N–H and O–H groups in total. The molecule has 0 spiro atoms. The van der Waals surface area contributed by atoms with E-state index in [1.165, 1.54) is 4.90 Å². The molecule has 1 amide bonds. The minimum Gasteiger partial charge on any atom is -0.508 e. The molecule has 132 valence electrons. The van der Waals surface area contributed by atoms with Crippen LogP contribution in [0.25, 0.3) is 0 Å². The molecule has 1 aliphatic heterocycles. The van der Waals surface area contributed by atoms with Gasteiger partial charge in [0.1, 0.15) is 5.75 Å². The number of hydrogen-bond acceptors (Lipinski definition) is 3. The second-order valence-electron chi connectivity index (χ2n) is 6.59. The van der Waals surface area contributed by atoms with Gasteiger partial charge in [0.25, 0.3) is 5.91 Å². The molecular weight excluding hydrogens is 314 g/mol. The molecule has 0 saturated carbocycles. The fraction of sp³-hybridized carbons (Fsp3) is 0.350. The molecule has 1 heterocycles. The Kier molecular flexibility index (Phi) is 5.56. The van der Waals surface area contributed by atoms with Crippen LogP contribution in [0, 0.1) is 0 Å². The molecule has 3 rings (SSSR count). The number of carbonyl (C=O) groups excluding carboxylic acids is 1. The lowest BCUT2D eigenvalue weighted by atomic mass is 10.2. The monoisotopic (exact) mass is 340 g/mol. The summed E-state index contributed by atoms with van der Waals surface area (Å²) in [7, 11) is 0. The Morgan fingerprint density at radius 2 is 1.76 bits per heavy atom. The van der Waals surface area contributed by atoms with Crippen LogP contribution in [0.1, 0.15) is 12.5 Å². The largest absolute Gasteiger partial charge is 0.508 e. The van der Waals surface area contributed by atoms with E-state index in [1.54, 1.807) is 12.1 Å². The smallest absolute Gasteiger partial charge is 0.278 e. The molecule has 0 aliphatic carbocycles. The summed E-state index contributed by atoms with van der Waals surface area (Å²) < 4.78 is 0. The highest BCUT2D eigenvalue weighted by Crippen LogP contribution is 2.18. The van der Waals surface area contributed by atoms with Crippen molar-refractivity contribution < 1.29 is 14.8 Å². The summed E-state index contributed by atoms with van der Waals surface area (Å²) >= 11 is 0. The molecular formula is C20H26N3O2+. The molecule has 1 saturated heterocycles. The van der Waals surface area contributed by atoms with E-state index in [0.29, 0.717) is 6.54 Å². The summed E-state index contributed by atoms with van der Waals surface area (Å²) in [5, 5.41) is 12.4. The zero-order valence-electron chi connectivity index (χ0n) is 14.6. The number of aromatic hydroxyl groups is 1. The van der Waals surface area contributed by atoms with Gasteiger partial charge in [0.05, 0.1) is 26.2 Å². The number of rotatable bonds is 5. The first-order valence-corrected chi connectivity index (χ1v) is 8.83. The molecule has 0 aromatic heterocycles. The number of phenolic OH excluding ortho intramolecular Hbond substituents is 1. The Morgan fingerprint density at radius 1 is 1.12 bits per heavy atom. The van der Waals surface area contributed by atoms with Crippen LogP contribution < -0.4 is 15.1 Å². The van der Waals surface area contributed by atoms with E-state index in [0.717, 1.165) is 37.4 Å². The van der Waals surface area contributed by atoms with Gasteiger partial charge in [-0.2, -0.15) is 0 Å². The zero-order chi connectivity index (χ0) is 17.6. The van der Waals surface area contributed by atoms with Crippen molar-refractivity contribution in [2.75, 3.05) is 31.1 Å². The third-order valence-electron chi connectivity index (χ3n) is 4.94. The highest BCUT2D eigenvalue weighted by molar-refractivity contribution is 5.79. The quantitative estimate of drug-likeness (QED) is 0.755. The lowest BCUT2D eigenvalue weighted by Crippen LogP contribution is -3.19. The molecule has 0 bridgehead atoms. The lowest BCUT2D eigenvalue weighted by molar-refractivity contribution is -0.914. The normalized spacial score (nSPS) is 16.4. The summed E-state index contributed by atoms with van der Waals surface area (Å²) in [6, 6.07) is 17.3. The average Bonchev–Trinajstić information content (AvgIpc) is 2.67. The minimum atomic E-state index is -0.0503. The number of quaternary nitrogens is 1. The summed E-state index contributed by atoms with van der Waals surface area (Å²) in [4.78, 5) is 16.1. The van der Waals surface area contributed by atoms with Gasteiger partial charge in [0.2, 0.25) is 0 Å². The number of anilines is 1. The van der Waals surface area contributed by atoms with Gasteiger partial charge < -0.3 is 20.2 Å². The predicted molar refractivity (Wildman–Crippen MR) is 98.8 cm³/mol. The van der Waals surface area contributed by atoms with Crippen molar-refractivity contribution in [2.24, 2.45) is 0 Å². The van der Waals surface area contributed by atoms with Gasteiger partial charge in [-0.1, -0.05) is 30.3 Å². The Balaban J connectivity index is 1.48. The summed E-state index contributed by atoms with van der Waals surface area (Å²) in [6.07, 6.45) is 0. The van der Waals surface area contributed by atoms with Gasteiger partial charge in [0, 0.05) is 12.2 Å². The van der Waals surface area contributed by atoms with Crippen LogP contribution in [0.3, 0.4) is 0 Å². The number of piperazine rings is 1. The first kappa shape index (κ1) is 17.3. The Bertz CT molecular complexity index is 680. The van der Waals surface area contributed by atoms with Crippen LogP contribution in [-0.4, -0.2) is 43.2 Å². The van der Waals surface area contributed by atoms with Crippen molar-refractivity contribution in [3.63, 3.8) is 0 Å². The lowest BCUT2D eigenvalue weighted by Gasteiger charge is -2.36. The standard InChI is InChI=1S/C20H25N3O2/c1-16(20(25)21-15-17-5-3-2-4-6-17)22-11-13-23(14-12-22)18-7-9-19(24)10-8-18/h2-10,16,24H,11-15H2,1H3,(H,21,25)/p+1/t16-/m1/s1. The number of nitrogens with one attached hydrogen (secondary N) is 2.